The van der Waals surface area contributed by atoms with Crippen LogP contribution in [-0.2, 0) is 35.3 Å². The van der Waals surface area contributed by atoms with Crippen molar-refractivity contribution in [1.82, 2.24) is 10.6 Å². The molecule has 6 N–H and O–H groups in total. The third-order valence-corrected chi connectivity index (χ3v) is 4.57. The van der Waals surface area contributed by atoms with Gasteiger partial charge in [0.2, 0.25) is 11.4 Å². The number of amides is 3. The van der Waals surface area contributed by atoms with Gasteiger partial charge < -0.3 is 30.7 Å². The maximum atomic E-state index is 12.1. The maximum absolute atomic E-state index is 12.1. The molecule has 1 aromatic carbocycles. The number of alkyl carbamates (subject to hydrolysis) is 1. The number of nitrogens with two attached hydrogens (primary N) is 1. The van der Waals surface area contributed by atoms with Crippen LogP contribution in [0.25, 0.3) is 0 Å². The van der Waals surface area contributed by atoms with E-state index in [4.69, 9.17) is 20.3 Å². The number of aliphatic hydroxyl groups is 1. The summed E-state index contributed by atoms with van der Waals surface area (Å²) in [7, 11) is 0. The molecule has 2 unspecified atom stereocenters. The number of aliphatic carboxylic acids is 1. The Labute approximate surface area is 203 Å². The van der Waals surface area contributed by atoms with Gasteiger partial charge in [0, 0.05) is 6.54 Å². The molecule has 0 spiro atoms. The summed E-state index contributed by atoms with van der Waals surface area (Å²) in [6.07, 6.45) is -1.10. The van der Waals surface area contributed by atoms with E-state index in [9.17, 15) is 29.1 Å². The molecule has 1 heterocycles. The Kier molecular flexibility index (Phi) is 11.3. The van der Waals surface area contributed by atoms with Crippen LogP contribution < -0.4 is 16.4 Å². The highest BCUT2D eigenvalue weighted by Gasteiger charge is 2.44. The first-order chi connectivity index (χ1) is 16.2. The number of hydrogen-bond donors (Lipinski definition) is 5. The molecule has 2 rings (SSSR count). The van der Waals surface area contributed by atoms with E-state index >= 15 is 0 Å². The van der Waals surface area contributed by atoms with E-state index in [2.05, 4.69) is 5.32 Å². The van der Waals surface area contributed by atoms with Crippen molar-refractivity contribution < 1.29 is 43.7 Å². The van der Waals surface area contributed by atoms with Crippen molar-refractivity contribution in [1.29, 1.82) is 0 Å². The van der Waals surface area contributed by atoms with Crippen LogP contribution in [0, 0.1) is 0 Å². The molecule has 3 amide bonds. The average Bonchev–Trinajstić information content (AvgIpc) is 3.06. The molecule has 1 saturated heterocycles. The number of hydrogen-bond acceptors (Lipinski definition) is 9. The SMILES string of the molecule is CC(C)(C)OC(=O)C(N)(CCCCNC(=O)OCc1ccccc1)C(=O)O.O=C1CC(O)C(=O)N1. The van der Waals surface area contributed by atoms with E-state index in [1.807, 2.05) is 35.6 Å². The van der Waals surface area contributed by atoms with Gasteiger partial charge >= 0.3 is 18.0 Å². The summed E-state index contributed by atoms with van der Waals surface area (Å²) in [5, 5.41) is 22.4. The predicted molar refractivity (Wildman–Crippen MR) is 123 cm³/mol. The minimum Gasteiger partial charge on any atom is -0.479 e. The Bertz CT molecular complexity index is 899. The number of nitrogens with one attached hydrogen (secondary N) is 2. The number of ether oxygens (including phenoxy) is 2. The number of carbonyl (C=O) groups is 5. The summed E-state index contributed by atoms with van der Waals surface area (Å²) in [4.78, 5) is 55.5. The quantitative estimate of drug-likeness (QED) is 0.140. The van der Waals surface area contributed by atoms with Gasteiger partial charge in [0.1, 0.15) is 18.3 Å². The number of carbonyl (C=O) groups excluding carboxylic acids is 4. The molecule has 2 atom stereocenters. The van der Waals surface area contributed by atoms with Crippen molar-refractivity contribution in [3.8, 4) is 0 Å². The Hall–Kier alpha value is -3.51. The Morgan fingerprint density at radius 1 is 1.14 bits per heavy atom. The molecule has 1 fully saturated rings. The average molecular weight is 496 g/mol. The van der Waals surface area contributed by atoms with E-state index in [1.54, 1.807) is 20.8 Å². The zero-order valence-electron chi connectivity index (χ0n) is 20.0. The van der Waals surface area contributed by atoms with Crippen LogP contribution in [0.15, 0.2) is 30.3 Å². The molecule has 35 heavy (non-hydrogen) atoms. The van der Waals surface area contributed by atoms with Crippen LogP contribution in [0.4, 0.5) is 4.79 Å². The zero-order valence-corrected chi connectivity index (χ0v) is 20.0. The Morgan fingerprint density at radius 3 is 2.23 bits per heavy atom. The minimum absolute atomic E-state index is 0.0845. The van der Waals surface area contributed by atoms with Crippen molar-refractivity contribution >= 4 is 29.8 Å². The molecular formula is C23H33N3O9. The highest BCUT2D eigenvalue weighted by molar-refractivity contribution is 6.04. The highest BCUT2D eigenvalue weighted by atomic mass is 16.6. The first-order valence-electron chi connectivity index (χ1n) is 11.0. The van der Waals surface area contributed by atoms with Gasteiger partial charge in [-0.25, -0.2) is 14.4 Å². The number of benzene rings is 1. The molecule has 0 aromatic heterocycles. The van der Waals surface area contributed by atoms with Gasteiger partial charge in [0.25, 0.3) is 5.91 Å². The lowest BCUT2D eigenvalue weighted by molar-refractivity contribution is -0.169. The number of unbranched alkanes of at least 4 members (excludes halogenated alkanes) is 1. The zero-order chi connectivity index (χ0) is 26.6. The van der Waals surface area contributed by atoms with Crippen molar-refractivity contribution in [3.63, 3.8) is 0 Å². The molecule has 0 radical (unpaired) electrons. The van der Waals surface area contributed by atoms with Gasteiger partial charge in [-0.1, -0.05) is 30.3 Å². The largest absolute Gasteiger partial charge is 0.479 e. The number of carboxylic acids is 1. The first-order valence-corrected chi connectivity index (χ1v) is 11.0. The lowest BCUT2D eigenvalue weighted by Gasteiger charge is -2.28. The van der Waals surface area contributed by atoms with E-state index in [1.165, 1.54) is 0 Å². The van der Waals surface area contributed by atoms with Crippen LogP contribution in [0.1, 0.15) is 52.0 Å². The minimum atomic E-state index is -2.11. The molecule has 1 aliphatic rings. The fourth-order valence-electron chi connectivity index (χ4n) is 2.70. The molecule has 12 nitrogen and oxygen atoms in total. The second-order valence-electron chi connectivity index (χ2n) is 8.86. The van der Waals surface area contributed by atoms with E-state index in [0.29, 0.717) is 12.8 Å². The standard InChI is InChI=1S/C19H28N2O6.C4H5NO3/c1-18(2,3)27-16(24)19(20,15(22)23)11-7-8-12-21-17(25)26-13-14-9-5-4-6-10-14;6-2-1-3(7)5-4(2)8/h4-6,9-10H,7-8,11-13,20H2,1-3H3,(H,21,25)(H,22,23);2,6H,1H2,(H,5,7,8). The fraction of sp³-hybridized carbons (Fsp3) is 0.522. The Balaban J connectivity index is 0.000000642. The summed E-state index contributed by atoms with van der Waals surface area (Å²) in [5.74, 6) is -3.40. The summed E-state index contributed by atoms with van der Waals surface area (Å²) in [5.41, 5.74) is 3.69. The third-order valence-electron chi connectivity index (χ3n) is 4.57. The number of imide groups is 1. The molecule has 1 aromatic rings. The van der Waals surface area contributed by atoms with E-state index in [0.717, 1.165) is 5.56 Å². The van der Waals surface area contributed by atoms with Gasteiger partial charge in [-0.15, -0.1) is 0 Å². The van der Waals surface area contributed by atoms with Crippen molar-refractivity contribution in [2.75, 3.05) is 6.54 Å². The maximum Gasteiger partial charge on any atom is 0.407 e. The number of rotatable bonds is 9. The van der Waals surface area contributed by atoms with Crippen molar-refractivity contribution in [3.05, 3.63) is 35.9 Å². The number of aliphatic hydroxyl groups excluding tert-OH is 1. The molecule has 12 heteroatoms. The van der Waals surface area contributed by atoms with Crippen LogP contribution in [0.3, 0.4) is 0 Å². The lowest BCUT2D eigenvalue weighted by Crippen LogP contribution is -2.57. The van der Waals surface area contributed by atoms with Gasteiger partial charge in [-0.05, 0) is 45.6 Å². The van der Waals surface area contributed by atoms with Crippen LogP contribution >= 0.6 is 0 Å². The Morgan fingerprint density at radius 2 is 1.77 bits per heavy atom. The summed E-state index contributed by atoms with van der Waals surface area (Å²) in [6, 6.07) is 9.26. The molecule has 0 bridgehead atoms. The van der Waals surface area contributed by atoms with Gasteiger partial charge in [-0.3, -0.25) is 14.9 Å². The normalized spacial score (nSPS) is 16.8. The molecule has 0 saturated carbocycles. The van der Waals surface area contributed by atoms with Crippen molar-refractivity contribution in [2.45, 2.75) is 70.3 Å². The van der Waals surface area contributed by atoms with Gasteiger partial charge in [0.15, 0.2) is 0 Å². The molecule has 1 aliphatic heterocycles. The number of esters is 1. The van der Waals surface area contributed by atoms with E-state index in [-0.39, 0.29) is 26.0 Å². The first kappa shape index (κ1) is 29.5. The third kappa shape index (κ3) is 11.0. The molecular weight excluding hydrogens is 462 g/mol. The summed E-state index contributed by atoms with van der Waals surface area (Å²) < 4.78 is 10.2. The second kappa shape index (κ2) is 13.4. The monoisotopic (exact) mass is 495 g/mol. The molecule has 194 valence electrons. The van der Waals surface area contributed by atoms with Crippen LogP contribution in [0.5, 0.6) is 0 Å². The lowest BCUT2D eigenvalue weighted by atomic mass is 9.93. The summed E-state index contributed by atoms with van der Waals surface area (Å²) >= 11 is 0. The fourth-order valence-corrected chi connectivity index (χ4v) is 2.70. The van der Waals surface area contributed by atoms with Gasteiger partial charge in [-0.2, -0.15) is 0 Å². The smallest absolute Gasteiger partial charge is 0.407 e. The van der Waals surface area contributed by atoms with Crippen LogP contribution in [-0.4, -0.2) is 63.8 Å². The highest BCUT2D eigenvalue weighted by Crippen LogP contribution is 2.18. The second-order valence-corrected chi connectivity index (χ2v) is 8.86. The molecule has 0 aliphatic carbocycles. The van der Waals surface area contributed by atoms with Crippen molar-refractivity contribution in [2.24, 2.45) is 5.73 Å². The van der Waals surface area contributed by atoms with E-state index < -0.39 is 47.1 Å². The predicted octanol–water partition coefficient (Wildman–Crippen LogP) is 0.601. The van der Waals surface area contributed by atoms with Crippen LogP contribution in [0.2, 0.25) is 0 Å². The number of carboxylic acid groups (broad SMARTS) is 1. The summed E-state index contributed by atoms with van der Waals surface area (Å²) in [6.45, 7) is 5.35. The van der Waals surface area contributed by atoms with Gasteiger partial charge in [0.05, 0.1) is 6.42 Å². The topological polar surface area (TPSA) is 194 Å².